The highest BCUT2D eigenvalue weighted by Gasteiger charge is 2.22. The Labute approximate surface area is 202 Å². The first-order chi connectivity index (χ1) is 15.6. The molecule has 0 aliphatic carbocycles. The van der Waals surface area contributed by atoms with Crippen LogP contribution in [-0.2, 0) is 16.3 Å². The Kier molecular flexibility index (Phi) is 8.15. The quantitative estimate of drug-likeness (QED) is 0.385. The summed E-state index contributed by atoms with van der Waals surface area (Å²) in [4.78, 5) is 11.0. The number of carboxylic acid groups (broad SMARTS) is 1. The van der Waals surface area contributed by atoms with Gasteiger partial charge in [-0.3, -0.25) is 0 Å². The first kappa shape index (κ1) is 25.2. The third kappa shape index (κ3) is 6.34. The van der Waals surface area contributed by atoms with Gasteiger partial charge in [0.05, 0.1) is 26.5 Å². The van der Waals surface area contributed by atoms with Gasteiger partial charge >= 0.3 is 5.97 Å². The molecule has 2 atom stereocenters. The molecule has 0 aliphatic rings. The number of aliphatic hydroxyl groups excluding tert-OH is 1. The molecule has 6 nitrogen and oxygen atoms in total. The molecule has 0 heterocycles. The number of sulfone groups is 1. The molecular formula is C24H23Cl2NO5S. The molecule has 0 saturated heterocycles. The largest absolute Gasteiger partial charge is 0.478 e. The summed E-state index contributed by atoms with van der Waals surface area (Å²) >= 11 is 12.0. The highest BCUT2D eigenvalue weighted by molar-refractivity contribution is 7.91. The zero-order valence-corrected chi connectivity index (χ0v) is 20.0. The van der Waals surface area contributed by atoms with Gasteiger partial charge in [-0.05, 0) is 66.9 Å². The first-order valence-corrected chi connectivity index (χ1v) is 12.4. The summed E-state index contributed by atoms with van der Waals surface area (Å²) in [7, 11) is -3.90. The van der Waals surface area contributed by atoms with E-state index in [9.17, 15) is 18.3 Å². The summed E-state index contributed by atoms with van der Waals surface area (Å²) in [5.74, 6) is -1.19. The number of aliphatic hydroxyl groups is 1. The Bertz CT molecular complexity index is 1250. The van der Waals surface area contributed by atoms with Crippen LogP contribution in [0.1, 0.15) is 34.5 Å². The van der Waals surface area contributed by atoms with E-state index in [0.717, 1.165) is 17.2 Å². The summed E-state index contributed by atoms with van der Waals surface area (Å²) in [5.41, 5.74) is 1.56. The minimum absolute atomic E-state index is 0.0271. The number of nitrogens with one attached hydrogen (secondary N) is 1. The molecule has 33 heavy (non-hydrogen) atoms. The van der Waals surface area contributed by atoms with E-state index in [4.69, 9.17) is 28.3 Å². The monoisotopic (exact) mass is 507 g/mol. The molecule has 3 rings (SSSR count). The second-order valence-electron chi connectivity index (χ2n) is 7.68. The number of hydrogen-bond acceptors (Lipinski definition) is 5. The maximum atomic E-state index is 12.9. The normalized spacial score (nSPS) is 13.5. The first-order valence-electron chi connectivity index (χ1n) is 10.1. The van der Waals surface area contributed by atoms with E-state index in [1.807, 2.05) is 13.0 Å². The molecule has 174 valence electrons. The van der Waals surface area contributed by atoms with E-state index in [-0.39, 0.29) is 26.4 Å². The number of carboxylic acids is 1. The molecule has 0 amide bonds. The van der Waals surface area contributed by atoms with Gasteiger partial charge in [-0.25, -0.2) is 13.2 Å². The van der Waals surface area contributed by atoms with E-state index < -0.39 is 21.9 Å². The highest BCUT2D eigenvalue weighted by atomic mass is 35.5. The molecule has 0 unspecified atom stereocenters. The lowest BCUT2D eigenvalue weighted by Crippen LogP contribution is -2.32. The molecule has 0 radical (unpaired) electrons. The number of carbonyl (C=O) groups is 1. The smallest absolute Gasteiger partial charge is 0.335 e. The molecule has 0 bridgehead atoms. The Morgan fingerprint density at radius 1 is 1.03 bits per heavy atom. The summed E-state index contributed by atoms with van der Waals surface area (Å²) in [6.07, 6.45) is -0.0765. The van der Waals surface area contributed by atoms with E-state index in [1.165, 1.54) is 24.3 Å². The molecule has 3 aromatic carbocycles. The van der Waals surface area contributed by atoms with Crippen molar-refractivity contribution in [3.05, 3.63) is 93.5 Å². The SMILES string of the molecule is C[C@H](Cc1ccc(S(=O)(=O)c2ccc(C(=O)O)cc2Cl)cc1)NC[C@@H](O)c1cccc(Cl)c1. The lowest BCUT2D eigenvalue weighted by molar-refractivity contribution is 0.0696. The van der Waals surface area contributed by atoms with Gasteiger partial charge in [0.1, 0.15) is 0 Å². The maximum Gasteiger partial charge on any atom is 0.335 e. The van der Waals surface area contributed by atoms with Crippen LogP contribution >= 0.6 is 23.2 Å². The average molecular weight is 508 g/mol. The average Bonchev–Trinajstić information content (AvgIpc) is 2.77. The molecule has 0 fully saturated rings. The molecular weight excluding hydrogens is 485 g/mol. The zero-order valence-electron chi connectivity index (χ0n) is 17.7. The van der Waals surface area contributed by atoms with Crippen LogP contribution in [0, 0.1) is 0 Å². The van der Waals surface area contributed by atoms with Gasteiger partial charge < -0.3 is 15.5 Å². The minimum atomic E-state index is -3.90. The van der Waals surface area contributed by atoms with Crippen molar-refractivity contribution in [2.24, 2.45) is 0 Å². The Morgan fingerprint density at radius 3 is 2.33 bits per heavy atom. The number of aromatic carboxylic acids is 1. The predicted octanol–water partition coefficient (Wildman–Crippen LogP) is 4.78. The number of halogens is 2. The fourth-order valence-electron chi connectivity index (χ4n) is 3.35. The van der Waals surface area contributed by atoms with E-state index in [1.54, 1.807) is 30.3 Å². The van der Waals surface area contributed by atoms with Crippen molar-refractivity contribution in [2.45, 2.75) is 35.3 Å². The Morgan fingerprint density at radius 2 is 1.73 bits per heavy atom. The second-order valence-corrected chi connectivity index (χ2v) is 10.4. The summed E-state index contributed by atoms with van der Waals surface area (Å²) in [5, 5.41) is 23.0. The molecule has 0 saturated carbocycles. The van der Waals surface area contributed by atoms with Crippen molar-refractivity contribution in [3.63, 3.8) is 0 Å². The number of hydrogen-bond donors (Lipinski definition) is 3. The fourth-order valence-corrected chi connectivity index (χ4v) is 5.35. The molecule has 3 aromatic rings. The highest BCUT2D eigenvalue weighted by Crippen LogP contribution is 2.29. The molecule has 0 aromatic heterocycles. The maximum absolute atomic E-state index is 12.9. The molecule has 0 spiro atoms. The lowest BCUT2D eigenvalue weighted by atomic mass is 10.1. The molecule has 9 heteroatoms. The topological polar surface area (TPSA) is 104 Å². The summed E-state index contributed by atoms with van der Waals surface area (Å²) < 4.78 is 25.8. The van der Waals surface area contributed by atoms with Crippen LogP contribution in [0.25, 0.3) is 0 Å². The van der Waals surface area contributed by atoms with Gasteiger partial charge in [0.15, 0.2) is 0 Å². The van der Waals surface area contributed by atoms with E-state index in [2.05, 4.69) is 5.32 Å². The van der Waals surface area contributed by atoms with Crippen molar-refractivity contribution in [1.29, 1.82) is 0 Å². The van der Waals surface area contributed by atoms with Crippen LogP contribution in [0.4, 0.5) is 0 Å². The standard InChI is InChI=1S/C24H23Cl2NO5S/c1-15(27-14-22(28)17-3-2-4-19(25)12-17)11-16-5-8-20(9-6-16)33(31,32)23-10-7-18(24(29)30)13-21(23)26/h2-10,12-13,15,22,27-28H,11,14H2,1H3,(H,29,30)/t15-,22-/m1/s1. The van der Waals surface area contributed by atoms with Gasteiger partial charge in [-0.1, -0.05) is 47.5 Å². The lowest BCUT2D eigenvalue weighted by Gasteiger charge is -2.18. The Hall–Kier alpha value is -2.42. The van der Waals surface area contributed by atoms with Gasteiger partial charge in [-0.15, -0.1) is 0 Å². The van der Waals surface area contributed by atoms with Gasteiger partial charge in [0.25, 0.3) is 0 Å². The molecule has 3 N–H and O–H groups in total. The van der Waals surface area contributed by atoms with Crippen molar-refractivity contribution in [2.75, 3.05) is 6.54 Å². The molecule has 0 aliphatic heterocycles. The van der Waals surface area contributed by atoms with Gasteiger partial charge in [0.2, 0.25) is 9.84 Å². The van der Waals surface area contributed by atoms with Crippen LogP contribution in [0.15, 0.2) is 76.5 Å². The van der Waals surface area contributed by atoms with Crippen LogP contribution in [0.2, 0.25) is 10.0 Å². The second kappa shape index (κ2) is 10.7. The minimum Gasteiger partial charge on any atom is -0.478 e. The van der Waals surface area contributed by atoms with Crippen molar-refractivity contribution in [1.82, 2.24) is 5.32 Å². The Balaban J connectivity index is 1.64. The van der Waals surface area contributed by atoms with Crippen LogP contribution in [0.3, 0.4) is 0 Å². The van der Waals surface area contributed by atoms with E-state index >= 15 is 0 Å². The summed E-state index contributed by atoms with van der Waals surface area (Å²) in [6.45, 7) is 2.32. The van der Waals surface area contributed by atoms with Crippen molar-refractivity contribution in [3.8, 4) is 0 Å². The zero-order chi connectivity index (χ0) is 24.2. The van der Waals surface area contributed by atoms with Crippen LogP contribution < -0.4 is 5.32 Å². The van der Waals surface area contributed by atoms with Crippen molar-refractivity contribution < 1.29 is 23.4 Å². The summed E-state index contributed by atoms with van der Waals surface area (Å²) in [6, 6.07) is 17.1. The van der Waals surface area contributed by atoms with Crippen molar-refractivity contribution >= 4 is 39.0 Å². The van der Waals surface area contributed by atoms with Crippen LogP contribution in [0.5, 0.6) is 0 Å². The fraction of sp³-hybridized carbons (Fsp3) is 0.208. The van der Waals surface area contributed by atoms with E-state index in [0.29, 0.717) is 18.0 Å². The van der Waals surface area contributed by atoms with Gasteiger partial charge in [-0.2, -0.15) is 0 Å². The third-order valence-electron chi connectivity index (χ3n) is 5.14. The van der Waals surface area contributed by atoms with Gasteiger partial charge in [0, 0.05) is 17.6 Å². The van der Waals surface area contributed by atoms with Crippen LogP contribution in [-0.4, -0.2) is 37.2 Å². The predicted molar refractivity (Wildman–Crippen MR) is 128 cm³/mol. The number of rotatable bonds is 9. The number of benzene rings is 3. The third-order valence-corrected chi connectivity index (χ3v) is 7.62.